The number of hydrogen-bond donors (Lipinski definition) is 1. The Morgan fingerprint density at radius 3 is 2.43 bits per heavy atom. The van der Waals surface area contributed by atoms with Crippen LogP contribution in [0.5, 0.6) is 5.75 Å². The summed E-state index contributed by atoms with van der Waals surface area (Å²) in [6.07, 6.45) is 0. The van der Waals surface area contributed by atoms with Crippen LogP contribution in [0.15, 0.2) is 53.7 Å². The Morgan fingerprint density at radius 2 is 1.74 bits per heavy atom. The summed E-state index contributed by atoms with van der Waals surface area (Å²) in [6, 6.07) is 15.2. The summed E-state index contributed by atoms with van der Waals surface area (Å²) in [5, 5.41) is 8.97. The minimum absolute atomic E-state index is 0.428. The molecule has 0 aromatic heterocycles. The predicted octanol–water partition coefficient (Wildman–Crippen LogP) is 4.24. The van der Waals surface area contributed by atoms with E-state index in [9.17, 15) is 0 Å². The van der Waals surface area contributed by atoms with Gasteiger partial charge < -0.3 is 10.2 Å². The minimum Gasteiger partial charge on any atom is -0.357 e. The molecule has 1 heterocycles. The fourth-order valence-corrected chi connectivity index (χ4v) is 3.67. The molecule has 1 aliphatic carbocycles. The summed E-state index contributed by atoms with van der Waals surface area (Å²) >= 11 is 12.2. The van der Waals surface area contributed by atoms with Crippen LogP contribution in [-0.2, 0) is 0 Å². The highest BCUT2D eigenvalue weighted by Crippen LogP contribution is 2.50. The standard InChI is InChI=1S/C18H16Cl2N2O/c19-15-7-6-11(8-16(15)20)18(17-13-9-21-10-14(13)17)22-23-12-4-2-1-3-5-12/h1-8,13-14,17,21H,9-10H2. The maximum absolute atomic E-state index is 6.18. The molecule has 4 rings (SSSR count). The summed E-state index contributed by atoms with van der Waals surface area (Å²) in [6.45, 7) is 2.09. The van der Waals surface area contributed by atoms with Crippen LogP contribution in [0.3, 0.4) is 0 Å². The molecule has 2 fully saturated rings. The lowest BCUT2D eigenvalue weighted by molar-refractivity contribution is 0.339. The molecule has 1 saturated carbocycles. The average molecular weight is 347 g/mol. The molecule has 2 atom stereocenters. The van der Waals surface area contributed by atoms with Gasteiger partial charge in [0.25, 0.3) is 0 Å². The molecule has 2 aliphatic rings. The number of rotatable bonds is 4. The lowest BCUT2D eigenvalue weighted by Gasteiger charge is -2.10. The van der Waals surface area contributed by atoms with Crippen LogP contribution in [0.25, 0.3) is 0 Å². The molecule has 118 valence electrons. The van der Waals surface area contributed by atoms with Gasteiger partial charge in [0.1, 0.15) is 0 Å². The van der Waals surface area contributed by atoms with E-state index in [0.29, 0.717) is 27.8 Å². The molecule has 23 heavy (non-hydrogen) atoms. The maximum Gasteiger partial charge on any atom is 0.157 e. The number of fused-ring (bicyclic) bond motifs is 1. The van der Waals surface area contributed by atoms with Gasteiger partial charge in [0.15, 0.2) is 5.75 Å². The van der Waals surface area contributed by atoms with Crippen molar-refractivity contribution in [1.82, 2.24) is 5.32 Å². The Bertz CT molecular complexity index is 738. The van der Waals surface area contributed by atoms with Crippen LogP contribution in [-0.4, -0.2) is 18.8 Å². The number of hydrogen-bond acceptors (Lipinski definition) is 3. The first-order chi connectivity index (χ1) is 11.2. The second-order valence-corrected chi connectivity index (χ2v) is 6.84. The normalized spacial score (nSPS) is 26.0. The third-order valence-electron chi connectivity index (χ3n) is 4.62. The Hall–Kier alpha value is -1.55. The summed E-state index contributed by atoms with van der Waals surface area (Å²) in [4.78, 5) is 5.65. The first kappa shape index (κ1) is 15.0. The van der Waals surface area contributed by atoms with E-state index in [4.69, 9.17) is 28.0 Å². The van der Waals surface area contributed by atoms with E-state index in [1.165, 1.54) is 0 Å². The fraction of sp³-hybridized carbons (Fsp3) is 0.278. The SMILES string of the molecule is Clc1ccc(C(=NOc2ccccc2)C2C3CNCC32)cc1Cl. The molecule has 0 spiro atoms. The molecule has 1 N–H and O–H groups in total. The van der Waals surface area contributed by atoms with Crippen molar-refractivity contribution in [1.29, 1.82) is 0 Å². The Morgan fingerprint density at radius 1 is 1.00 bits per heavy atom. The summed E-state index contributed by atoms with van der Waals surface area (Å²) in [5.41, 5.74) is 1.94. The second kappa shape index (κ2) is 6.16. The molecule has 0 bridgehead atoms. The first-order valence-electron chi connectivity index (χ1n) is 7.70. The first-order valence-corrected chi connectivity index (χ1v) is 8.46. The van der Waals surface area contributed by atoms with E-state index in [1.54, 1.807) is 0 Å². The lowest BCUT2D eigenvalue weighted by Crippen LogP contribution is -2.20. The summed E-state index contributed by atoms with van der Waals surface area (Å²) in [5.74, 6) is 2.44. The Labute approximate surface area is 145 Å². The summed E-state index contributed by atoms with van der Waals surface area (Å²) < 4.78 is 0. The van der Waals surface area contributed by atoms with Crippen molar-refractivity contribution in [3.63, 3.8) is 0 Å². The predicted molar refractivity (Wildman–Crippen MR) is 93.4 cm³/mol. The minimum atomic E-state index is 0.428. The Kier molecular flexibility index (Phi) is 4.02. The van der Waals surface area contributed by atoms with Gasteiger partial charge in [-0.2, -0.15) is 0 Å². The van der Waals surface area contributed by atoms with Crippen molar-refractivity contribution in [2.24, 2.45) is 22.9 Å². The number of oxime groups is 1. The number of nitrogens with zero attached hydrogens (tertiary/aromatic N) is 1. The van der Waals surface area contributed by atoms with Crippen LogP contribution in [0, 0.1) is 17.8 Å². The van der Waals surface area contributed by atoms with E-state index in [0.717, 1.165) is 30.1 Å². The molecule has 5 heteroatoms. The highest BCUT2D eigenvalue weighted by Gasteiger charge is 2.55. The quantitative estimate of drug-likeness (QED) is 0.663. The van der Waals surface area contributed by atoms with Gasteiger partial charge in [0, 0.05) is 11.5 Å². The van der Waals surface area contributed by atoms with Gasteiger partial charge in [-0.3, -0.25) is 0 Å². The number of benzene rings is 2. The molecule has 0 radical (unpaired) electrons. The zero-order valence-corrected chi connectivity index (χ0v) is 13.9. The van der Waals surface area contributed by atoms with Crippen LogP contribution in [0.2, 0.25) is 10.0 Å². The molecule has 1 aliphatic heterocycles. The molecule has 1 saturated heterocycles. The van der Waals surface area contributed by atoms with Gasteiger partial charge in [-0.15, -0.1) is 0 Å². The van der Waals surface area contributed by atoms with Crippen molar-refractivity contribution in [2.75, 3.05) is 13.1 Å². The molecule has 0 amide bonds. The van der Waals surface area contributed by atoms with Gasteiger partial charge in [0.2, 0.25) is 0 Å². The third-order valence-corrected chi connectivity index (χ3v) is 5.35. The smallest absolute Gasteiger partial charge is 0.157 e. The van der Waals surface area contributed by atoms with Crippen molar-refractivity contribution >= 4 is 28.9 Å². The molecular weight excluding hydrogens is 331 g/mol. The van der Waals surface area contributed by atoms with E-state index in [-0.39, 0.29) is 0 Å². The van der Waals surface area contributed by atoms with Crippen molar-refractivity contribution in [3.8, 4) is 5.75 Å². The van der Waals surface area contributed by atoms with Gasteiger partial charge in [-0.05, 0) is 49.2 Å². The molecule has 2 aromatic rings. The average Bonchev–Trinajstić information content (AvgIpc) is 3.03. The second-order valence-electron chi connectivity index (χ2n) is 6.02. The zero-order valence-electron chi connectivity index (χ0n) is 12.4. The summed E-state index contributed by atoms with van der Waals surface area (Å²) in [7, 11) is 0. The third kappa shape index (κ3) is 2.97. The monoisotopic (exact) mass is 346 g/mol. The zero-order chi connectivity index (χ0) is 15.8. The maximum atomic E-state index is 6.18. The van der Waals surface area contributed by atoms with Crippen LogP contribution < -0.4 is 10.2 Å². The van der Waals surface area contributed by atoms with Gasteiger partial charge >= 0.3 is 0 Å². The van der Waals surface area contributed by atoms with Gasteiger partial charge in [-0.1, -0.05) is 52.6 Å². The van der Waals surface area contributed by atoms with Crippen molar-refractivity contribution < 1.29 is 4.84 Å². The van der Waals surface area contributed by atoms with Gasteiger partial charge in [-0.25, -0.2) is 0 Å². The topological polar surface area (TPSA) is 33.6 Å². The highest BCUT2D eigenvalue weighted by atomic mass is 35.5. The van der Waals surface area contributed by atoms with E-state index < -0.39 is 0 Å². The van der Waals surface area contributed by atoms with E-state index in [2.05, 4.69) is 10.5 Å². The lowest BCUT2D eigenvalue weighted by atomic mass is 10.0. The van der Waals surface area contributed by atoms with Crippen molar-refractivity contribution in [3.05, 3.63) is 64.1 Å². The number of para-hydroxylation sites is 1. The number of halogens is 2. The van der Waals surface area contributed by atoms with E-state index >= 15 is 0 Å². The number of nitrogens with one attached hydrogen (secondary N) is 1. The molecular formula is C18H16Cl2N2O. The Balaban J connectivity index is 1.65. The largest absolute Gasteiger partial charge is 0.357 e. The molecule has 2 aromatic carbocycles. The van der Waals surface area contributed by atoms with Gasteiger partial charge in [0.05, 0.1) is 15.8 Å². The van der Waals surface area contributed by atoms with Crippen LogP contribution >= 0.6 is 23.2 Å². The molecule has 2 unspecified atom stereocenters. The van der Waals surface area contributed by atoms with E-state index in [1.807, 2.05) is 48.5 Å². The van der Waals surface area contributed by atoms with Crippen molar-refractivity contribution in [2.45, 2.75) is 0 Å². The van der Waals surface area contributed by atoms with Crippen LogP contribution in [0.1, 0.15) is 5.56 Å². The fourth-order valence-electron chi connectivity index (χ4n) is 3.37. The molecule has 3 nitrogen and oxygen atoms in total. The highest BCUT2D eigenvalue weighted by molar-refractivity contribution is 6.42. The number of piperidine rings is 1. The van der Waals surface area contributed by atoms with Crippen LogP contribution in [0.4, 0.5) is 0 Å².